The number of ether oxygens (including phenoxy) is 1. The highest BCUT2D eigenvalue weighted by atomic mass is 16.7. The van der Waals surface area contributed by atoms with Gasteiger partial charge in [-0.15, -0.1) is 0 Å². The van der Waals surface area contributed by atoms with Crippen molar-refractivity contribution >= 4 is 12.0 Å². The van der Waals surface area contributed by atoms with E-state index in [1.165, 1.54) is 14.2 Å². The number of nitrogens with one attached hydrogen (secondary N) is 1. The molecule has 0 aliphatic carbocycles. The van der Waals surface area contributed by atoms with Crippen molar-refractivity contribution in [3.63, 3.8) is 0 Å². The third kappa shape index (κ3) is 7.86. The van der Waals surface area contributed by atoms with Gasteiger partial charge in [-0.2, -0.15) is 0 Å². The lowest BCUT2D eigenvalue weighted by atomic mass is 10.2. The molecular weight excluding hydrogens is 240 g/mol. The standard InChI is InChI=1S/C11H22N2O5/c1-11(2,3)18-10(16)12-7-8(14)6-9(15)13(4)17-5/h8,14H,6-7H2,1-5H3,(H,12,16)/t8-/m1/s1. The van der Waals surface area contributed by atoms with Gasteiger partial charge in [0.25, 0.3) is 0 Å². The van der Waals surface area contributed by atoms with Crippen LogP contribution < -0.4 is 5.32 Å². The van der Waals surface area contributed by atoms with Crippen molar-refractivity contribution in [1.29, 1.82) is 0 Å². The van der Waals surface area contributed by atoms with Crippen molar-refractivity contribution < 1.29 is 24.3 Å². The molecule has 0 aliphatic heterocycles. The Kier molecular flexibility index (Phi) is 6.64. The maximum absolute atomic E-state index is 11.4. The summed E-state index contributed by atoms with van der Waals surface area (Å²) in [4.78, 5) is 27.3. The number of hydrogen-bond acceptors (Lipinski definition) is 5. The molecule has 2 N–H and O–H groups in total. The largest absolute Gasteiger partial charge is 0.444 e. The van der Waals surface area contributed by atoms with E-state index in [0.717, 1.165) is 5.06 Å². The highest BCUT2D eigenvalue weighted by Crippen LogP contribution is 2.06. The lowest BCUT2D eigenvalue weighted by Gasteiger charge is -2.21. The Morgan fingerprint density at radius 3 is 2.39 bits per heavy atom. The number of aliphatic hydroxyl groups is 1. The smallest absolute Gasteiger partial charge is 0.407 e. The van der Waals surface area contributed by atoms with Crippen LogP contribution in [0.25, 0.3) is 0 Å². The van der Waals surface area contributed by atoms with Crippen molar-refractivity contribution in [1.82, 2.24) is 10.4 Å². The zero-order valence-corrected chi connectivity index (χ0v) is 11.5. The fourth-order valence-electron chi connectivity index (χ4n) is 1.02. The monoisotopic (exact) mass is 262 g/mol. The van der Waals surface area contributed by atoms with E-state index in [1.54, 1.807) is 20.8 Å². The average molecular weight is 262 g/mol. The Morgan fingerprint density at radius 1 is 1.39 bits per heavy atom. The van der Waals surface area contributed by atoms with Crippen LogP contribution in [-0.4, -0.2) is 54.6 Å². The number of rotatable bonds is 5. The summed E-state index contributed by atoms with van der Waals surface area (Å²) in [6.45, 7) is 5.15. The molecule has 0 unspecified atom stereocenters. The van der Waals surface area contributed by atoms with Gasteiger partial charge in [-0.25, -0.2) is 9.86 Å². The van der Waals surface area contributed by atoms with Crippen LogP contribution in [-0.2, 0) is 14.4 Å². The van der Waals surface area contributed by atoms with Crippen LogP contribution in [0.2, 0.25) is 0 Å². The summed E-state index contributed by atoms with van der Waals surface area (Å²) in [5.41, 5.74) is -0.596. The molecule has 1 atom stereocenters. The quantitative estimate of drug-likeness (QED) is 0.695. The Bertz CT molecular complexity index is 288. The fraction of sp³-hybridized carbons (Fsp3) is 0.818. The molecule has 0 spiro atoms. The fourth-order valence-corrected chi connectivity index (χ4v) is 1.02. The van der Waals surface area contributed by atoms with Crippen LogP contribution in [0.4, 0.5) is 4.79 Å². The zero-order valence-electron chi connectivity index (χ0n) is 11.5. The first-order chi connectivity index (χ1) is 8.15. The van der Waals surface area contributed by atoms with Crippen molar-refractivity contribution in [3.8, 4) is 0 Å². The molecule has 0 aromatic rings. The van der Waals surface area contributed by atoms with Crippen molar-refractivity contribution in [2.75, 3.05) is 20.7 Å². The first kappa shape index (κ1) is 16.7. The highest BCUT2D eigenvalue weighted by molar-refractivity contribution is 5.75. The van der Waals surface area contributed by atoms with E-state index >= 15 is 0 Å². The number of hydroxylamine groups is 2. The number of carbonyl (C=O) groups is 2. The minimum absolute atomic E-state index is 0.0573. The summed E-state index contributed by atoms with van der Waals surface area (Å²) in [6, 6.07) is 0. The van der Waals surface area contributed by atoms with Gasteiger partial charge in [-0.1, -0.05) is 0 Å². The molecule has 0 rings (SSSR count). The first-order valence-electron chi connectivity index (χ1n) is 5.61. The molecule has 0 aliphatic rings. The van der Waals surface area contributed by atoms with Crippen LogP contribution in [0, 0.1) is 0 Å². The number of alkyl carbamates (subject to hydrolysis) is 1. The van der Waals surface area contributed by atoms with Gasteiger partial charge in [0, 0.05) is 13.6 Å². The second-order valence-corrected chi connectivity index (χ2v) is 4.81. The van der Waals surface area contributed by atoms with Gasteiger partial charge < -0.3 is 15.2 Å². The molecule has 0 fully saturated rings. The third-order valence-corrected chi connectivity index (χ3v) is 1.92. The maximum atomic E-state index is 11.4. The summed E-state index contributed by atoms with van der Waals surface area (Å²) >= 11 is 0. The van der Waals surface area contributed by atoms with Gasteiger partial charge in [0.1, 0.15) is 5.60 Å². The Hall–Kier alpha value is -1.34. The van der Waals surface area contributed by atoms with Crippen molar-refractivity contribution in [2.45, 2.75) is 38.9 Å². The SMILES string of the molecule is CON(C)C(=O)C[C@@H](O)CNC(=O)OC(C)(C)C. The summed E-state index contributed by atoms with van der Waals surface area (Å²) in [7, 11) is 2.79. The Labute approximate surface area is 107 Å². The first-order valence-corrected chi connectivity index (χ1v) is 5.61. The molecular formula is C11H22N2O5. The maximum Gasteiger partial charge on any atom is 0.407 e. The second kappa shape index (κ2) is 7.17. The Balaban J connectivity index is 3.94. The van der Waals surface area contributed by atoms with Crippen LogP contribution >= 0.6 is 0 Å². The molecule has 18 heavy (non-hydrogen) atoms. The summed E-state index contributed by atoms with van der Waals surface area (Å²) in [5, 5.41) is 12.9. The second-order valence-electron chi connectivity index (χ2n) is 4.81. The molecule has 0 saturated heterocycles. The van der Waals surface area contributed by atoms with E-state index in [9.17, 15) is 14.7 Å². The third-order valence-electron chi connectivity index (χ3n) is 1.92. The van der Waals surface area contributed by atoms with Crippen LogP contribution in [0.1, 0.15) is 27.2 Å². The summed E-state index contributed by atoms with van der Waals surface area (Å²) < 4.78 is 4.98. The van der Waals surface area contributed by atoms with Crippen LogP contribution in [0.5, 0.6) is 0 Å². The topological polar surface area (TPSA) is 88.1 Å². The number of aliphatic hydroxyl groups excluding tert-OH is 1. The van der Waals surface area contributed by atoms with Gasteiger partial charge in [-0.3, -0.25) is 9.63 Å². The average Bonchev–Trinajstić information content (AvgIpc) is 2.22. The number of carbonyl (C=O) groups excluding carboxylic acids is 2. The lowest BCUT2D eigenvalue weighted by molar-refractivity contribution is -0.170. The molecule has 0 heterocycles. The molecule has 0 bridgehead atoms. The van der Waals surface area contributed by atoms with E-state index in [1.807, 2.05) is 0 Å². The molecule has 2 amide bonds. The van der Waals surface area contributed by atoms with Gasteiger partial charge in [0.2, 0.25) is 5.91 Å². The van der Waals surface area contributed by atoms with Gasteiger partial charge in [0.15, 0.2) is 0 Å². The zero-order chi connectivity index (χ0) is 14.3. The summed E-state index contributed by atoms with van der Waals surface area (Å²) in [6.07, 6.45) is -1.75. The molecule has 106 valence electrons. The van der Waals surface area contributed by atoms with E-state index in [4.69, 9.17) is 4.74 Å². The van der Waals surface area contributed by atoms with Gasteiger partial charge in [-0.05, 0) is 20.8 Å². The van der Waals surface area contributed by atoms with Crippen molar-refractivity contribution in [3.05, 3.63) is 0 Å². The lowest BCUT2D eigenvalue weighted by Crippen LogP contribution is -2.39. The van der Waals surface area contributed by atoms with Crippen molar-refractivity contribution in [2.24, 2.45) is 0 Å². The Morgan fingerprint density at radius 2 is 1.94 bits per heavy atom. The number of nitrogens with zero attached hydrogens (tertiary/aromatic N) is 1. The highest BCUT2D eigenvalue weighted by Gasteiger charge is 2.18. The van der Waals surface area contributed by atoms with E-state index in [-0.39, 0.29) is 18.9 Å². The molecule has 0 aromatic heterocycles. The molecule has 0 aromatic carbocycles. The minimum atomic E-state index is -0.984. The molecule has 7 nitrogen and oxygen atoms in total. The van der Waals surface area contributed by atoms with E-state index in [0.29, 0.717) is 0 Å². The predicted octanol–water partition coefficient (Wildman–Crippen LogP) is 0.282. The molecule has 0 saturated carbocycles. The van der Waals surface area contributed by atoms with E-state index < -0.39 is 17.8 Å². The minimum Gasteiger partial charge on any atom is -0.444 e. The normalized spacial score (nSPS) is 12.8. The summed E-state index contributed by atoms with van der Waals surface area (Å²) in [5.74, 6) is -0.379. The number of hydrogen-bond donors (Lipinski definition) is 2. The molecule has 7 heteroatoms. The van der Waals surface area contributed by atoms with Gasteiger partial charge >= 0.3 is 6.09 Å². The predicted molar refractivity (Wildman–Crippen MR) is 64.6 cm³/mol. The molecule has 0 radical (unpaired) electrons. The van der Waals surface area contributed by atoms with Crippen LogP contribution in [0.15, 0.2) is 0 Å². The van der Waals surface area contributed by atoms with Gasteiger partial charge in [0.05, 0.1) is 19.6 Å². The van der Waals surface area contributed by atoms with E-state index in [2.05, 4.69) is 10.2 Å². The number of amides is 2. The van der Waals surface area contributed by atoms with Crippen LogP contribution in [0.3, 0.4) is 0 Å².